The van der Waals surface area contributed by atoms with Crippen LogP contribution in [0.2, 0.25) is 0 Å². The van der Waals surface area contributed by atoms with E-state index in [9.17, 15) is 9.59 Å². The number of carbonyl (C=O) groups excluding carboxylic acids is 2. The first-order valence-electron chi connectivity index (χ1n) is 7.21. The number of benzene rings is 1. The van der Waals surface area contributed by atoms with Crippen molar-refractivity contribution in [2.45, 2.75) is 17.1 Å². The van der Waals surface area contributed by atoms with E-state index in [1.165, 1.54) is 11.8 Å². The molecule has 3 N–H and O–H groups in total. The van der Waals surface area contributed by atoms with Crippen LogP contribution in [0, 0.1) is 0 Å². The third kappa shape index (κ3) is 5.69. The summed E-state index contributed by atoms with van der Waals surface area (Å²) in [5.41, 5.74) is 1.25. The van der Waals surface area contributed by atoms with E-state index < -0.39 is 0 Å². The lowest BCUT2D eigenvalue weighted by Crippen LogP contribution is -2.33. The van der Waals surface area contributed by atoms with Crippen LogP contribution in [0.4, 0.5) is 5.69 Å². The molecule has 0 fully saturated rings. The normalized spacial score (nSPS) is 16.1. The zero-order valence-corrected chi connectivity index (χ0v) is 14.8. The monoisotopic (exact) mass is 359 g/mol. The molecule has 0 bridgehead atoms. The molecule has 0 aliphatic carbocycles. The van der Waals surface area contributed by atoms with Gasteiger partial charge < -0.3 is 20.7 Å². The average molecular weight is 360 g/mol. The molecule has 0 saturated carbocycles. The number of thioether (sulfide) groups is 1. The Balaban J connectivity index is 0.00000264. The number of anilines is 1. The minimum atomic E-state index is -0.144. The van der Waals surface area contributed by atoms with Gasteiger partial charge in [0.2, 0.25) is 5.91 Å². The molecule has 0 radical (unpaired) electrons. The first-order valence-corrected chi connectivity index (χ1v) is 8.09. The topological polar surface area (TPSA) is 79.5 Å². The second-order valence-corrected chi connectivity index (χ2v) is 6.34. The Morgan fingerprint density at radius 1 is 1.35 bits per heavy atom. The van der Waals surface area contributed by atoms with Gasteiger partial charge in [0.05, 0.1) is 17.5 Å². The van der Waals surface area contributed by atoms with Crippen molar-refractivity contribution in [2.75, 3.05) is 38.7 Å². The largest absolute Gasteiger partial charge is 0.383 e. The van der Waals surface area contributed by atoms with Crippen LogP contribution in [-0.2, 0) is 9.53 Å². The molecular weight excluding hydrogens is 338 g/mol. The second-order valence-electron chi connectivity index (χ2n) is 4.96. The van der Waals surface area contributed by atoms with Crippen molar-refractivity contribution in [1.82, 2.24) is 10.6 Å². The van der Waals surface area contributed by atoms with E-state index in [2.05, 4.69) is 16.0 Å². The van der Waals surface area contributed by atoms with Crippen molar-refractivity contribution in [3.05, 3.63) is 23.8 Å². The molecule has 0 spiro atoms. The minimum absolute atomic E-state index is 0. The van der Waals surface area contributed by atoms with E-state index in [0.717, 1.165) is 11.4 Å². The molecule has 1 unspecified atom stereocenters. The predicted octanol–water partition coefficient (Wildman–Crippen LogP) is 1.51. The fraction of sp³-hybridized carbons (Fsp3) is 0.467. The van der Waals surface area contributed by atoms with Crippen molar-refractivity contribution in [2.24, 2.45) is 0 Å². The highest BCUT2D eigenvalue weighted by atomic mass is 35.5. The van der Waals surface area contributed by atoms with Gasteiger partial charge in [-0.1, -0.05) is 0 Å². The zero-order chi connectivity index (χ0) is 15.9. The first-order chi connectivity index (χ1) is 10.6. The van der Waals surface area contributed by atoms with Crippen molar-refractivity contribution >= 4 is 41.7 Å². The summed E-state index contributed by atoms with van der Waals surface area (Å²) in [5.74, 6) is -0.174. The predicted molar refractivity (Wildman–Crippen MR) is 94.7 cm³/mol. The summed E-state index contributed by atoms with van der Waals surface area (Å²) >= 11 is 1.50. The molecule has 23 heavy (non-hydrogen) atoms. The van der Waals surface area contributed by atoms with Gasteiger partial charge in [-0.15, -0.1) is 24.2 Å². The number of fused-ring (bicyclic) bond motifs is 1. The summed E-state index contributed by atoms with van der Waals surface area (Å²) in [6, 6.07) is 5.38. The van der Waals surface area contributed by atoms with Gasteiger partial charge in [-0.25, -0.2) is 0 Å². The van der Waals surface area contributed by atoms with Crippen LogP contribution in [0.3, 0.4) is 0 Å². The Morgan fingerprint density at radius 2 is 2.13 bits per heavy atom. The molecule has 0 aromatic heterocycles. The molecule has 2 amide bonds. The van der Waals surface area contributed by atoms with Crippen molar-refractivity contribution in [1.29, 1.82) is 0 Å². The van der Waals surface area contributed by atoms with Gasteiger partial charge in [0.15, 0.2) is 0 Å². The van der Waals surface area contributed by atoms with E-state index in [1.54, 1.807) is 19.2 Å². The lowest BCUT2D eigenvalue weighted by Gasteiger charge is -2.21. The molecule has 1 aromatic rings. The Bertz CT molecular complexity index is 557. The van der Waals surface area contributed by atoms with Crippen LogP contribution in [0.5, 0.6) is 0 Å². The van der Waals surface area contributed by atoms with E-state index in [-0.39, 0.29) is 29.5 Å². The van der Waals surface area contributed by atoms with Gasteiger partial charge in [0.1, 0.15) is 0 Å². The van der Waals surface area contributed by atoms with E-state index >= 15 is 0 Å². The van der Waals surface area contributed by atoms with Crippen molar-refractivity contribution in [3.63, 3.8) is 0 Å². The molecule has 1 atom stereocenters. The van der Waals surface area contributed by atoms with Crippen LogP contribution in [-0.4, -0.2) is 50.4 Å². The molecule has 1 aromatic carbocycles. The molecular formula is C15H22ClN3O3S. The van der Waals surface area contributed by atoms with Crippen LogP contribution < -0.4 is 16.0 Å². The summed E-state index contributed by atoms with van der Waals surface area (Å²) in [6.07, 6.45) is 0. The molecule has 0 saturated heterocycles. The van der Waals surface area contributed by atoms with E-state index in [1.807, 2.05) is 13.0 Å². The van der Waals surface area contributed by atoms with Gasteiger partial charge in [0, 0.05) is 37.2 Å². The fourth-order valence-corrected chi connectivity index (χ4v) is 2.95. The zero-order valence-electron chi connectivity index (χ0n) is 13.2. The highest BCUT2D eigenvalue weighted by Crippen LogP contribution is 2.35. The van der Waals surface area contributed by atoms with Gasteiger partial charge in [-0.3, -0.25) is 9.59 Å². The van der Waals surface area contributed by atoms with Crippen LogP contribution >= 0.6 is 24.2 Å². The number of hydrogen-bond donors (Lipinski definition) is 3. The molecule has 128 valence electrons. The van der Waals surface area contributed by atoms with Crippen molar-refractivity contribution < 1.29 is 14.3 Å². The fourth-order valence-electron chi connectivity index (χ4n) is 2.02. The highest BCUT2D eigenvalue weighted by Gasteiger charge is 2.23. The SMILES string of the molecule is COCCNCCNC(=O)c1ccc2c(c1)NC(=O)C(C)S2.Cl. The maximum Gasteiger partial charge on any atom is 0.251 e. The number of nitrogens with one attached hydrogen (secondary N) is 3. The highest BCUT2D eigenvalue weighted by molar-refractivity contribution is 8.00. The Kier molecular flexibility index (Phi) is 8.40. The number of hydrogen-bond acceptors (Lipinski definition) is 5. The molecule has 1 heterocycles. The van der Waals surface area contributed by atoms with E-state index in [0.29, 0.717) is 30.9 Å². The summed E-state index contributed by atoms with van der Waals surface area (Å²) in [4.78, 5) is 24.8. The summed E-state index contributed by atoms with van der Waals surface area (Å²) < 4.78 is 4.92. The van der Waals surface area contributed by atoms with Gasteiger partial charge >= 0.3 is 0 Å². The molecule has 6 nitrogen and oxygen atoms in total. The average Bonchev–Trinajstić information content (AvgIpc) is 2.51. The van der Waals surface area contributed by atoms with Gasteiger partial charge in [0.25, 0.3) is 5.91 Å². The van der Waals surface area contributed by atoms with E-state index in [4.69, 9.17) is 4.74 Å². The van der Waals surface area contributed by atoms with Crippen LogP contribution in [0.15, 0.2) is 23.1 Å². The van der Waals surface area contributed by atoms with Crippen molar-refractivity contribution in [3.8, 4) is 0 Å². The summed E-state index contributed by atoms with van der Waals surface area (Å²) in [5, 5.41) is 8.72. The lowest BCUT2D eigenvalue weighted by atomic mass is 10.1. The first kappa shape index (κ1) is 19.8. The van der Waals surface area contributed by atoms with Crippen LogP contribution in [0.25, 0.3) is 0 Å². The molecule has 1 aliphatic rings. The molecule has 1 aliphatic heterocycles. The lowest BCUT2D eigenvalue weighted by molar-refractivity contribution is -0.115. The smallest absolute Gasteiger partial charge is 0.251 e. The number of halogens is 1. The van der Waals surface area contributed by atoms with Gasteiger partial charge in [-0.2, -0.15) is 0 Å². The molecule has 8 heteroatoms. The second kappa shape index (κ2) is 9.77. The number of rotatable bonds is 7. The summed E-state index contributed by atoms with van der Waals surface area (Å²) in [6.45, 7) is 4.49. The number of methoxy groups -OCH3 is 1. The minimum Gasteiger partial charge on any atom is -0.383 e. The Labute approximate surface area is 146 Å². The number of ether oxygens (including phenoxy) is 1. The maximum atomic E-state index is 12.1. The Hall–Kier alpha value is -1.28. The van der Waals surface area contributed by atoms with Crippen LogP contribution in [0.1, 0.15) is 17.3 Å². The number of carbonyl (C=O) groups is 2. The van der Waals surface area contributed by atoms with Gasteiger partial charge in [-0.05, 0) is 25.1 Å². The number of amides is 2. The standard InChI is InChI=1S/C15H21N3O3S.ClH/c1-10-14(19)18-12-9-11(3-4-13(12)22-10)15(20)17-6-5-16-7-8-21-2;/h3-4,9-10,16H,5-8H2,1-2H3,(H,17,20)(H,18,19);1H. The third-order valence-electron chi connectivity index (χ3n) is 3.24. The quantitative estimate of drug-likeness (QED) is 0.643. The maximum absolute atomic E-state index is 12.1. The third-order valence-corrected chi connectivity index (χ3v) is 4.42. The summed E-state index contributed by atoms with van der Waals surface area (Å²) in [7, 11) is 1.65. The molecule has 2 rings (SSSR count). The Morgan fingerprint density at radius 3 is 2.87 bits per heavy atom.